The first kappa shape index (κ1) is 12.4. The zero-order valence-electron chi connectivity index (χ0n) is 9.45. The Morgan fingerprint density at radius 1 is 1.50 bits per heavy atom. The number of nitrogens with zero attached hydrogens (tertiary/aromatic N) is 1. The lowest BCUT2D eigenvalue weighted by Crippen LogP contribution is -2.36. The van der Waals surface area contributed by atoms with Crippen LogP contribution in [0.15, 0.2) is 33.4 Å². The normalized spacial score (nSPS) is 27.8. The summed E-state index contributed by atoms with van der Waals surface area (Å²) < 4.78 is 6.14. The molecule has 0 saturated heterocycles. The van der Waals surface area contributed by atoms with Crippen LogP contribution in [-0.4, -0.2) is 37.1 Å². The van der Waals surface area contributed by atoms with Crippen molar-refractivity contribution in [3.63, 3.8) is 0 Å². The molecule has 8 nitrogen and oxygen atoms in total. The van der Waals surface area contributed by atoms with Crippen molar-refractivity contribution < 1.29 is 20.1 Å². The maximum absolute atomic E-state index is 11.5. The van der Waals surface area contributed by atoms with Crippen LogP contribution < -0.4 is 11.2 Å². The van der Waals surface area contributed by atoms with Crippen molar-refractivity contribution in [3.8, 4) is 0 Å². The smallest absolute Gasteiger partial charge is 0.330 e. The molecule has 0 saturated carbocycles. The van der Waals surface area contributed by atoms with Crippen molar-refractivity contribution in [2.24, 2.45) is 0 Å². The topological polar surface area (TPSA) is 125 Å². The highest BCUT2D eigenvalue weighted by Crippen LogP contribution is 2.37. The minimum absolute atomic E-state index is 0.548. The van der Waals surface area contributed by atoms with Gasteiger partial charge in [-0.15, -0.1) is 0 Å². The zero-order valence-corrected chi connectivity index (χ0v) is 9.45. The van der Waals surface area contributed by atoms with Gasteiger partial charge in [-0.2, -0.15) is 0 Å². The molecule has 18 heavy (non-hydrogen) atoms. The first-order valence-electron chi connectivity index (χ1n) is 5.12. The van der Waals surface area contributed by atoms with Gasteiger partial charge < -0.3 is 20.1 Å². The quantitative estimate of drug-likeness (QED) is 0.546. The number of hydrogen-bond donors (Lipinski definition) is 4. The van der Waals surface area contributed by atoms with Crippen molar-refractivity contribution in [3.05, 3.63) is 44.6 Å². The average Bonchev–Trinajstić information content (AvgIpc) is 2.55. The van der Waals surface area contributed by atoms with E-state index in [0.29, 0.717) is 0 Å². The molecule has 1 aromatic rings. The van der Waals surface area contributed by atoms with Gasteiger partial charge in [-0.1, -0.05) is 0 Å². The maximum Gasteiger partial charge on any atom is 0.330 e. The van der Waals surface area contributed by atoms with Crippen LogP contribution in [0.1, 0.15) is 13.2 Å². The minimum Gasteiger partial charge on any atom is -0.506 e. The fraction of sp³-hybridized carbons (Fsp3) is 0.400. The van der Waals surface area contributed by atoms with Crippen LogP contribution in [-0.2, 0) is 4.74 Å². The van der Waals surface area contributed by atoms with E-state index < -0.39 is 41.2 Å². The Morgan fingerprint density at radius 3 is 2.67 bits per heavy atom. The monoisotopic (exact) mass is 256 g/mol. The van der Waals surface area contributed by atoms with Crippen LogP contribution in [0, 0.1) is 0 Å². The highest BCUT2D eigenvalue weighted by molar-refractivity contribution is 5.20. The number of aromatic nitrogens is 2. The summed E-state index contributed by atoms with van der Waals surface area (Å²) in [6.07, 6.45) is -0.162. The number of aromatic amines is 1. The Morgan fingerprint density at radius 2 is 2.17 bits per heavy atom. The summed E-state index contributed by atoms with van der Waals surface area (Å²) in [7, 11) is 0. The maximum atomic E-state index is 11.5. The lowest BCUT2D eigenvalue weighted by atomic mass is 10.1. The molecule has 0 amide bonds. The van der Waals surface area contributed by atoms with E-state index in [4.69, 9.17) is 9.84 Å². The number of aliphatic hydroxyl groups excluding tert-OH is 3. The Kier molecular flexibility index (Phi) is 2.76. The van der Waals surface area contributed by atoms with Crippen molar-refractivity contribution in [2.45, 2.75) is 18.8 Å². The Bertz CT molecular complexity index is 615. The number of ether oxygens (including phenoxy) is 1. The van der Waals surface area contributed by atoms with E-state index >= 15 is 0 Å². The molecule has 0 spiro atoms. The molecule has 1 unspecified atom stereocenters. The van der Waals surface area contributed by atoms with Crippen LogP contribution in [0.4, 0.5) is 0 Å². The van der Waals surface area contributed by atoms with Crippen LogP contribution in [0.5, 0.6) is 0 Å². The van der Waals surface area contributed by atoms with Gasteiger partial charge in [0.1, 0.15) is 0 Å². The summed E-state index contributed by atoms with van der Waals surface area (Å²) in [6, 6.07) is 1.07. The molecule has 2 rings (SSSR count). The highest BCUT2D eigenvalue weighted by atomic mass is 16.6. The summed E-state index contributed by atoms with van der Waals surface area (Å²) in [5.74, 6) is -1.13. The molecule has 0 radical (unpaired) electrons. The zero-order chi connectivity index (χ0) is 13.5. The van der Waals surface area contributed by atoms with Gasteiger partial charge in [0.25, 0.3) is 5.56 Å². The molecule has 0 aliphatic carbocycles. The van der Waals surface area contributed by atoms with E-state index in [1.807, 2.05) is 4.98 Å². The molecule has 1 aliphatic heterocycles. The van der Waals surface area contributed by atoms with Gasteiger partial charge in [-0.3, -0.25) is 14.3 Å². The predicted octanol–water partition coefficient (Wildman–Crippen LogP) is -0.856. The second kappa shape index (κ2) is 4.00. The van der Waals surface area contributed by atoms with Gasteiger partial charge in [-0.05, 0) is 6.92 Å². The molecule has 0 aromatic carbocycles. The lowest BCUT2D eigenvalue weighted by Gasteiger charge is -2.22. The number of nitrogens with one attached hydrogen (secondary N) is 1. The average molecular weight is 256 g/mol. The predicted molar refractivity (Wildman–Crippen MR) is 59.2 cm³/mol. The second-order valence-corrected chi connectivity index (χ2v) is 4.11. The van der Waals surface area contributed by atoms with Gasteiger partial charge in [-0.25, -0.2) is 4.79 Å². The summed E-state index contributed by atoms with van der Waals surface area (Å²) in [4.78, 5) is 24.4. The molecule has 0 fully saturated rings. The van der Waals surface area contributed by atoms with Gasteiger partial charge in [0.2, 0.25) is 6.23 Å². The standard InChI is InChI=1S/C10H12N2O6/c1-10(4-13)7(16)6(15)8(18-10)12-3-2-5(14)11-9(12)17/h2-3,8,13,15-16H,4H2,1H3,(H,11,14,17)/t8-,10?/m1/s1. The summed E-state index contributed by atoms with van der Waals surface area (Å²) in [5.41, 5.74) is -2.87. The highest BCUT2D eigenvalue weighted by Gasteiger charge is 2.45. The second-order valence-electron chi connectivity index (χ2n) is 4.11. The van der Waals surface area contributed by atoms with E-state index in [1.54, 1.807) is 0 Å². The number of aliphatic hydroxyl groups is 3. The van der Waals surface area contributed by atoms with Gasteiger partial charge >= 0.3 is 5.69 Å². The van der Waals surface area contributed by atoms with Crippen LogP contribution in [0.3, 0.4) is 0 Å². The van der Waals surface area contributed by atoms with Gasteiger partial charge in [0, 0.05) is 12.3 Å². The SMILES string of the molecule is CC1(CO)O[C@@H](n2ccc(=O)[nH]c2=O)C(O)=C1O. The molecular weight excluding hydrogens is 244 g/mol. The molecule has 98 valence electrons. The minimum atomic E-state index is -1.48. The molecule has 8 heteroatoms. The summed E-state index contributed by atoms with van der Waals surface area (Å²) >= 11 is 0. The molecule has 4 N–H and O–H groups in total. The third kappa shape index (κ3) is 1.71. The van der Waals surface area contributed by atoms with Crippen molar-refractivity contribution in [1.29, 1.82) is 0 Å². The third-order valence-electron chi connectivity index (χ3n) is 2.75. The number of hydrogen-bond acceptors (Lipinski definition) is 6. The van der Waals surface area contributed by atoms with E-state index in [9.17, 15) is 19.8 Å². The van der Waals surface area contributed by atoms with E-state index in [-0.39, 0.29) is 0 Å². The fourth-order valence-electron chi connectivity index (χ4n) is 1.66. The molecule has 2 heterocycles. The molecular formula is C10H12N2O6. The van der Waals surface area contributed by atoms with Crippen LogP contribution in [0.25, 0.3) is 0 Å². The van der Waals surface area contributed by atoms with E-state index in [0.717, 1.165) is 16.8 Å². The van der Waals surface area contributed by atoms with Gasteiger partial charge in [0.15, 0.2) is 17.1 Å². The van der Waals surface area contributed by atoms with Crippen molar-refractivity contribution >= 4 is 0 Å². The molecule has 1 aliphatic rings. The Labute approximate surface area is 100 Å². The van der Waals surface area contributed by atoms with Crippen LogP contribution in [0.2, 0.25) is 0 Å². The largest absolute Gasteiger partial charge is 0.506 e. The Balaban J connectivity index is 2.49. The van der Waals surface area contributed by atoms with Crippen molar-refractivity contribution in [1.82, 2.24) is 9.55 Å². The van der Waals surface area contributed by atoms with E-state index in [1.165, 1.54) is 6.92 Å². The summed E-state index contributed by atoms with van der Waals surface area (Å²) in [5, 5.41) is 28.5. The van der Waals surface area contributed by atoms with Gasteiger partial charge in [0.05, 0.1) is 6.61 Å². The lowest BCUT2D eigenvalue weighted by molar-refractivity contribution is -0.0979. The molecule has 1 aromatic heterocycles. The van der Waals surface area contributed by atoms with Crippen molar-refractivity contribution in [2.75, 3.05) is 6.61 Å². The number of rotatable bonds is 2. The molecule has 2 atom stereocenters. The number of H-pyrrole nitrogens is 1. The third-order valence-corrected chi connectivity index (χ3v) is 2.75. The van der Waals surface area contributed by atoms with E-state index in [2.05, 4.69) is 0 Å². The Hall–Kier alpha value is -2.06. The first-order valence-corrected chi connectivity index (χ1v) is 5.12. The first-order chi connectivity index (χ1) is 8.39. The molecule has 0 bridgehead atoms. The fourth-order valence-corrected chi connectivity index (χ4v) is 1.66. The van der Waals surface area contributed by atoms with Crippen LogP contribution >= 0.6 is 0 Å². The summed E-state index contributed by atoms with van der Waals surface area (Å²) in [6.45, 7) is 0.784.